The van der Waals surface area contributed by atoms with Gasteiger partial charge in [-0.25, -0.2) is 4.98 Å². The van der Waals surface area contributed by atoms with E-state index < -0.39 is 0 Å². The first kappa shape index (κ1) is 15.0. The van der Waals surface area contributed by atoms with Crippen LogP contribution in [0.15, 0.2) is 40.8 Å². The molecule has 1 aromatic heterocycles. The lowest BCUT2D eigenvalue weighted by Gasteiger charge is -2.15. The summed E-state index contributed by atoms with van der Waals surface area (Å²) >= 11 is 2.31. The molecule has 0 bridgehead atoms. The van der Waals surface area contributed by atoms with Crippen molar-refractivity contribution in [3.8, 4) is 17.2 Å². The fourth-order valence-electron chi connectivity index (χ4n) is 3.11. The summed E-state index contributed by atoms with van der Waals surface area (Å²) in [6.07, 6.45) is 5.11. The molecule has 118 valence electrons. The van der Waals surface area contributed by atoms with Crippen molar-refractivity contribution in [3.05, 3.63) is 45.5 Å². The SMILES string of the molecule is Cc1ccc2oc(-c3cc(I)ccc3OC3CCCC3)nc2c1. The first-order valence-corrected chi connectivity index (χ1v) is 9.11. The van der Waals surface area contributed by atoms with Crippen LogP contribution in [0.3, 0.4) is 0 Å². The molecule has 23 heavy (non-hydrogen) atoms. The van der Waals surface area contributed by atoms with Crippen LogP contribution in [0.25, 0.3) is 22.6 Å². The number of benzene rings is 2. The molecule has 0 unspecified atom stereocenters. The van der Waals surface area contributed by atoms with Gasteiger partial charge in [0.05, 0.1) is 11.7 Å². The van der Waals surface area contributed by atoms with Crippen LogP contribution < -0.4 is 4.74 Å². The normalized spacial score (nSPS) is 15.4. The van der Waals surface area contributed by atoms with Crippen LogP contribution in [0.2, 0.25) is 0 Å². The van der Waals surface area contributed by atoms with Crippen molar-refractivity contribution in [2.75, 3.05) is 0 Å². The average molecular weight is 419 g/mol. The molecule has 0 saturated heterocycles. The number of aromatic nitrogens is 1. The Bertz CT molecular complexity index is 850. The van der Waals surface area contributed by atoms with Gasteiger partial charge in [-0.3, -0.25) is 0 Å². The third kappa shape index (κ3) is 3.09. The molecule has 4 rings (SSSR count). The molecule has 1 heterocycles. The van der Waals surface area contributed by atoms with Gasteiger partial charge in [0.25, 0.3) is 0 Å². The second-order valence-electron chi connectivity index (χ2n) is 6.15. The smallest absolute Gasteiger partial charge is 0.231 e. The van der Waals surface area contributed by atoms with Gasteiger partial charge in [-0.1, -0.05) is 6.07 Å². The zero-order valence-electron chi connectivity index (χ0n) is 13.0. The summed E-state index contributed by atoms with van der Waals surface area (Å²) in [5.41, 5.74) is 3.84. The minimum absolute atomic E-state index is 0.320. The van der Waals surface area contributed by atoms with E-state index in [-0.39, 0.29) is 0 Å². The molecule has 0 spiro atoms. The maximum atomic E-state index is 6.23. The van der Waals surface area contributed by atoms with Crippen molar-refractivity contribution < 1.29 is 9.15 Å². The Kier molecular flexibility index (Phi) is 4.01. The number of oxazole rings is 1. The van der Waals surface area contributed by atoms with E-state index in [9.17, 15) is 0 Å². The number of aryl methyl sites for hydroxylation is 1. The van der Waals surface area contributed by atoms with Crippen LogP contribution in [-0.4, -0.2) is 11.1 Å². The number of rotatable bonds is 3. The molecular formula is C19H18INO2. The molecule has 0 atom stereocenters. The zero-order valence-corrected chi connectivity index (χ0v) is 15.2. The molecule has 4 heteroatoms. The van der Waals surface area contributed by atoms with Gasteiger partial charge in [0.1, 0.15) is 11.3 Å². The van der Waals surface area contributed by atoms with Crippen molar-refractivity contribution in [1.29, 1.82) is 0 Å². The Balaban J connectivity index is 1.77. The lowest BCUT2D eigenvalue weighted by molar-refractivity contribution is 0.210. The molecule has 0 amide bonds. The van der Waals surface area contributed by atoms with Gasteiger partial charge in [0.15, 0.2) is 5.58 Å². The lowest BCUT2D eigenvalue weighted by atomic mass is 10.2. The van der Waals surface area contributed by atoms with Crippen molar-refractivity contribution in [2.45, 2.75) is 38.7 Å². The maximum absolute atomic E-state index is 6.23. The van der Waals surface area contributed by atoms with E-state index >= 15 is 0 Å². The molecule has 1 fully saturated rings. The predicted octanol–water partition coefficient (Wildman–Crippen LogP) is 5.73. The van der Waals surface area contributed by atoms with Crippen molar-refractivity contribution in [1.82, 2.24) is 4.98 Å². The van der Waals surface area contributed by atoms with E-state index in [0.717, 1.165) is 38.8 Å². The zero-order chi connectivity index (χ0) is 15.8. The molecule has 3 aromatic rings. The average Bonchev–Trinajstić information content (AvgIpc) is 3.17. The van der Waals surface area contributed by atoms with E-state index in [4.69, 9.17) is 9.15 Å². The standard InChI is InChI=1S/C19H18INO2/c1-12-6-8-18-16(10-12)21-19(23-18)15-11-13(20)7-9-17(15)22-14-4-2-3-5-14/h6-11,14H,2-5H2,1H3. The molecule has 1 saturated carbocycles. The number of nitrogens with zero attached hydrogens (tertiary/aromatic N) is 1. The molecule has 1 aliphatic carbocycles. The predicted molar refractivity (Wildman–Crippen MR) is 99.8 cm³/mol. The lowest BCUT2D eigenvalue weighted by Crippen LogP contribution is -2.11. The quantitative estimate of drug-likeness (QED) is 0.509. The van der Waals surface area contributed by atoms with Crippen LogP contribution in [-0.2, 0) is 0 Å². The number of halogens is 1. The van der Waals surface area contributed by atoms with Crippen LogP contribution in [0, 0.1) is 10.5 Å². The Morgan fingerprint density at radius 2 is 1.96 bits per heavy atom. The summed E-state index contributed by atoms with van der Waals surface area (Å²) in [6.45, 7) is 2.06. The first-order valence-electron chi connectivity index (χ1n) is 8.03. The minimum Gasteiger partial charge on any atom is -0.490 e. The first-order chi connectivity index (χ1) is 11.2. The number of ether oxygens (including phenoxy) is 1. The third-order valence-electron chi connectivity index (χ3n) is 4.31. The van der Waals surface area contributed by atoms with Gasteiger partial charge < -0.3 is 9.15 Å². The Morgan fingerprint density at radius 3 is 2.78 bits per heavy atom. The topological polar surface area (TPSA) is 35.3 Å². The number of hydrogen-bond acceptors (Lipinski definition) is 3. The van der Waals surface area contributed by atoms with Gasteiger partial charge in [0, 0.05) is 3.57 Å². The van der Waals surface area contributed by atoms with E-state index in [1.165, 1.54) is 18.4 Å². The van der Waals surface area contributed by atoms with Crippen LogP contribution in [0.1, 0.15) is 31.2 Å². The second kappa shape index (κ2) is 6.15. The minimum atomic E-state index is 0.320. The number of fused-ring (bicyclic) bond motifs is 1. The second-order valence-corrected chi connectivity index (χ2v) is 7.40. The highest BCUT2D eigenvalue weighted by molar-refractivity contribution is 14.1. The highest BCUT2D eigenvalue weighted by Gasteiger charge is 2.20. The van der Waals surface area contributed by atoms with Crippen molar-refractivity contribution >= 4 is 33.7 Å². The summed E-state index contributed by atoms with van der Waals surface area (Å²) in [7, 11) is 0. The fraction of sp³-hybridized carbons (Fsp3) is 0.316. The van der Waals surface area contributed by atoms with Crippen LogP contribution in [0.4, 0.5) is 0 Å². The summed E-state index contributed by atoms with van der Waals surface area (Å²) in [5, 5.41) is 0. The Labute approximate surface area is 149 Å². The van der Waals surface area contributed by atoms with Crippen LogP contribution in [0.5, 0.6) is 5.75 Å². The third-order valence-corrected chi connectivity index (χ3v) is 4.98. The van der Waals surface area contributed by atoms with Crippen molar-refractivity contribution in [2.24, 2.45) is 0 Å². The highest BCUT2D eigenvalue weighted by atomic mass is 127. The Hall–Kier alpha value is -1.56. The van der Waals surface area contributed by atoms with Gasteiger partial charge in [-0.05, 0) is 91.1 Å². The molecular weight excluding hydrogens is 401 g/mol. The molecule has 3 nitrogen and oxygen atoms in total. The van der Waals surface area contributed by atoms with Gasteiger partial charge in [-0.15, -0.1) is 0 Å². The number of hydrogen-bond donors (Lipinski definition) is 0. The summed E-state index contributed by atoms with van der Waals surface area (Å²) in [5.74, 6) is 1.51. The van der Waals surface area contributed by atoms with E-state index in [2.05, 4.69) is 46.6 Å². The van der Waals surface area contributed by atoms with E-state index in [1.807, 2.05) is 24.3 Å². The summed E-state index contributed by atoms with van der Waals surface area (Å²) in [6, 6.07) is 12.3. The van der Waals surface area contributed by atoms with E-state index in [1.54, 1.807) is 0 Å². The highest BCUT2D eigenvalue weighted by Crippen LogP contribution is 2.35. The van der Waals surface area contributed by atoms with Crippen molar-refractivity contribution in [3.63, 3.8) is 0 Å². The summed E-state index contributed by atoms with van der Waals surface area (Å²) in [4.78, 5) is 4.67. The largest absolute Gasteiger partial charge is 0.490 e. The molecule has 0 aliphatic heterocycles. The van der Waals surface area contributed by atoms with Gasteiger partial charge in [-0.2, -0.15) is 0 Å². The maximum Gasteiger partial charge on any atom is 0.231 e. The fourth-order valence-corrected chi connectivity index (χ4v) is 3.60. The summed E-state index contributed by atoms with van der Waals surface area (Å²) < 4.78 is 13.4. The molecule has 2 aromatic carbocycles. The van der Waals surface area contributed by atoms with Gasteiger partial charge in [0.2, 0.25) is 5.89 Å². The van der Waals surface area contributed by atoms with Crippen LogP contribution >= 0.6 is 22.6 Å². The Morgan fingerprint density at radius 1 is 1.13 bits per heavy atom. The molecule has 0 radical (unpaired) electrons. The van der Waals surface area contributed by atoms with E-state index in [0.29, 0.717) is 12.0 Å². The molecule has 0 N–H and O–H groups in total. The van der Waals surface area contributed by atoms with Gasteiger partial charge >= 0.3 is 0 Å². The monoisotopic (exact) mass is 419 g/mol. The molecule has 1 aliphatic rings.